The third kappa shape index (κ3) is 9.18. The molecule has 1 aliphatic rings. The molecule has 2 atom stereocenters. The van der Waals surface area contributed by atoms with E-state index < -0.39 is 11.7 Å². The van der Waals surface area contributed by atoms with Gasteiger partial charge in [-0.1, -0.05) is 36.4 Å². The SMILES string of the molecule is CN(C)CCCNC(=O)[C@@H]1C[C@H](COc2cccc(C(F)(F)F)c2)CN(CCc2ccccc2)C1. The summed E-state index contributed by atoms with van der Waals surface area (Å²) in [4.78, 5) is 17.3. The number of benzene rings is 2. The van der Waals surface area contributed by atoms with Gasteiger partial charge in [0, 0.05) is 32.1 Å². The first-order valence-corrected chi connectivity index (χ1v) is 12.2. The molecule has 1 aliphatic heterocycles. The summed E-state index contributed by atoms with van der Waals surface area (Å²) in [6, 6.07) is 15.2. The van der Waals surface area contributed by atoms with Gasteiger partial charge in [0.15, 0.2) is 0 Å². The number of nitrogens with one attached hydrogen (secondary N) is 1. The Morgan fingerprint density at radius 1 is 1.11 bits per heavy atom. The fraction of sp³-hybridized carbons (Fsp3) is 0.519. The molecule has 0 saturated carbocycles. The topological polar surface area (TPSA) is 44.8 Å². The minimum absolute atomic E-state index is 0.0391. The lowest BCUT2D eigenvalue weighted by Crippen LogP contribution is -2.48. The summed E-state index contributed by atoms with van der Waals surface area (Å²) < 4.78 is 44.9. The molecule has 2 aromatic rings. The Morgan fingerprint density at radius 2 is 1.89 bits per heavy atom. The first kappa shape index (κ1) is 27.0. The summed E-state index contributed by atoms with van der Waals surface area (Å²) in [7, 11) is 4.01. The largest absolute Gasteiger partial charge is 0.493 e. The van der Waals surface area contributed by atoms with E-state index >= 15 is 0 Å². The maximum atomic E-state index is 13.0. The van der Waals surface area contributed by atoms with E-state index in [-0.39, 0.29) is 30.1 Å². The number of rotatable bonds is 11. The van der Waals surface area contributed by atoms with Crippen molar-refractivity contribution in [3.63, 3.8) is 0 Å². The predicted octanol–water partition coefficient (Wildman–Crippen LogP) is 4.33. The van der Waals surface area contributed by atoms with Crippen molar-refractivity contribution in [3.8, 4) is 5.75 Å². The van der Waals surface area contributed by atoms with Gasteiger partial charge in [0.25, 0.3) is 0 Å². The third-order valence-corrected chi connectivity index (χ3v) is 6.27. The van der Waals surface area contributed by atoms with E-state index in [4.69, 9.17) is 4.74 Å². The van der Waals surface area contributed by atoms with Gasteiger partial charge >= 0.3 is 6.18 Å². The smallest absolute Gasteiger partial charge is 0.416 e. The van der Waals surface area contributed by atoms with Gasteiger partial charge in [-0.15, -0.1) is 0 Å². The highest BCUT2D eigenvalue weighted by atomic mass is 19.4. The third-order valence-electron chi connectivity index (χ3n) is 6.27. The van der Waals surface area contributed by atoms with Crippen LogP contribution in [0.4, 0.5) is 13.2 Å². The number of nitrogens with zero attached hydrogens (tertiary/aromatic N) is 2. The molecule has 1 saturated heterocycles. The molecule has 0 radical (unpaired) electrons. The second-order valence-corrected chi connectivity index (χ2v) is 9.58. The van der Waals surface area contributed by atoms with Crippen molar-refractivity contribution in [2.45, 2.75) is 25.4 Å². The van der Waals surface area contributed by atoms with E-state index in [1.807, 2.05) is 32.3 Å². The normalized spacial score (nSPS) is 19.0. The van der Waals surface area contributed by atoms with Crippen LogP contribution in [0.2, 0.25) is 0 Å². The Morgan fingerprint density at radius 3 is 2.60 bits per heavy atom. The summed E-state index contributed by atoms with van der Waals surface area (Å²) in [6.07, 6.45) is -2.00. The quantitative estimate of drug-likeness (QED) is 0.475. The minimum Gasteiger partial charge on any atom is -0.493 e. The van der Waals surface area contributed by atoms with E-state index in [0.29, 0.717) is 19.5 Å². The average molecular weight is 492 g/mol. The molecule has 2 aromatic carbocycles. The summed E-state index contributed by atoms with van der Waals surface area (Å²) >= 11 is 0. The Labute approximate surface area is 206 Å². The number of hydrogen-bond acceptors (Lipinski definition) is 4. The number of carbonyl (C=O) groups is 1. The molecule has 8 heteroatoms. The molecule has 0 aliphatic carbocycles. The molecule has 1 amide bonds. The van der Waals surface area contributed by atoms with Crippen molar-refractivity contribution in [3.05, 3.63) is 65.7 Å². The molecule has 0 bridgehead atoms. The molecule has 192 valence electrons. The van der Waals surface area contributed by atoms with Gasteiger partial charge in [-0.05, 0) is 63.7 Å². The monoisotopic (exact) mass is 491 g/mol. The summed E-state index contributed by atoms with van der Waals surface area (Å²) in [5.74, 6) is 0.115. The number of hydrogen-bond donors (Lipinski definition) is 1. The van der Waals surface area contributed by atoms with E-state index in [1.54, 1.807) is 6.07 Å². The maximum absolute atomic E-state index is 13.0. The van der Waals surface area contributed by atoms with Crippen LogP contribution in [0, 0.1) is 11.8 Å². The molecule has 1 heterocycles. The lowest BCUT2D eigenvalue weighted by Gasteiger charge is -2.37. The van der Waals surface area contributed by atoms with E-state index in [0.717, 1.165) is 44.6 Å². The van der Waals surface area contributed by atoms with Crippen molar-refractivity contribution in [2.75, 3.05) is 53.4 Å². The Balaban J connectivity index is 1.60. The van der Waals surface area contributed by atoms with Gasteiger partial charge in [-0.25, -0.2) is 0 Å². The van der Waals surface area contributed by atoms with Crippen LogP contribution in [0.15, 0.2) is 54.6 Å². The fourth-order valence-corrected chi connectivity index (χ4v) is 4.46. The number of ether oxygens (including phenoxy) is 1. The highest BCUT2D eigenvalue weighted by Crippen LogP contribution is 2.32. The highest BCUT2D eigenvalue weighted by Gasteiger charge is 2.33. The van der Waals surface area contributed by atoms with Gasteiger partial charge < -0.3 is 19.9 Å². The van der Waals surface area contributed by atoms with Crippen molar-refractivity contribution in [1.82, 2.24) is 15.1 Å². The number of halogens is 3. The second kappa shape index (κ2) is 12.9. The number of carbonyl (C=O) groups excluding carboxylic acids is 1. The average Bonchev–Trinajstić information content (AvgIpc) is 2.84. The summed E-state index contributed by atoms with van der Waals surface area (Å²) in [5, 5.41) is 3.06. The molecule has 35 heavy (non-hydrogen) atoms. The minimum atomic E-state index is -4.41. The van der Waals surface area contributed by atoms with Crippen LogP contribution in [-0.4, -0.2) is 69.1 Å². The number of likely N-dealkylation sites (tertiary alicyclic amines) is 1. The predicted molar refractivity (Wildman–Crippen MR) is 131 cm³/mol. The van der Waals surface area contributed by atoms with Crippen LogP contribution < -0.4 is 10.1 Å². The fourth-order valence-electron chi connectivity index (χ4n) is 4.46. The standard InChI is InChI=1S/C27H36F3N3O2/c1-32(2)14-7-13-31-26(34)23-16-22(18-33(19-23)15-12-21-8-4-3-5-9-21)20-35-25-11-6-10-24(17-25)27(28,29)30/h3-6,8-11,17,22-23H,7,12-16,18-20H2,1-2H3,(H,31,34)/t22-,23+/m0/s1. The zero-order chi connectivity index (χ0) is 25.3. The Hall–Kier alpha value is -2.58. The molecule has 0 unspecified atom stereocenters. The van der Waals surface area contributed by atoms with Crippen LogP contribution in [0.5, 0.6) is 5.75 Å². The second-order valence-electron chi connectivity index (χ2n) is 9.58. The Bertz CT molecular complexity index is 921. The number of piperidine rings is 1. The molecule has 0 spiro atoms. The van der Waals surface area contributed by atoms with Crippen LogP contribution in [0.1, 0.15) is 24.0 Å². The van der Waals surface area contributed by atoms with Crippen molar-refractivity contribution in [2.24, 2.45) is 11.8 Å². The van der Waals surface area contributed by atoms with Gasteiger partial charge in [0.05, 0.1) is 18.1 Å². The summed E-state index contributed by atoms with van der Waals surface area (Å²) in [6.45, 7) is 4.04. The van der Waals surface area contributed by atoms with Crippen LogP contribution in [-0.2, 0) is 17.4 Å². The zero-order valence-electron chi connectivity index (χ0n) is 20.6. The zero-order valence-corrected chi connectivity index (χ0v) is 20.6. The highest BCUT2D eigenvalue weighted by molar-refractivity contribution is 5.79. The van der Waals surface area contributed by atoms with Gasteiger partial charge in [-0.2, -0.15) is 13.2 Å². The van der Waals surface area contributed by atoms with Gasteiger partial charge in [-0.3, -0.25) is 4.79 Å². The molecular weight excluding hydrogens is 455 g/mol. The summed E-state index contributed by atoms with van der Waals surface area (Å²) in [5.41, 5.74) is 0.512. The van der Waals surface area contributed by atoms with Crippen molar-refractivity contribution < 1.29 is 22.7 Å². The van der Waals surface area contributed by atoms with Crippen LogP contribution in [0.25, 0.3) is 0 Å². The molecule has 1 fully saturated rings. The molecular formula is C27H36F3N3O2. The first-order valence-electron chi connectivity index (χ1n) is 12.2. The lowest BCUT2D eigenvalue weighted by molar-refractivity contribution is -0.137. The van der Waals surface area contributed by atoms with Crippen LogP contribution >= 0.6 is 0 Å². The molecule has 1 N–H and O–H groups in total. The lowest BCUT2D eigenvalue weighted by atomic mass is 9.88. The maximum Gasteiger partial charge on any atom is 0.416 e. The molecule has 0 aromatic heterocycles. The number of amides is 1. The van der Waals surface area contributed by atoms with Gasteiger partial charge in [0.1, 0.15) is 5.75 Å². The first-order chi connectivity index (χ1) is 16.7. The van der Waals surface area contributed by atoms with E-state index in [9.17, 15) is 18.0 Å². The van der Waals surface area contributed by atoms with Crippen molar-refractivity contribution >= 4 is 5.91 Å². The molecule has 5 nitrogen and oxygen atoms in total. The molecule has 3 rings (SSSR count). The Kier molecular flexibility index (Phi) is 9.98. The van der Waals surface area contributed by atoms with E-state index in [1.165, 1.54) is 11.6 Å². The van der Waals surface area contributed by atoms with Gasteiger partial charge in [0.2, 0.25) is 5.91 Å². The van der Waals surface area contributed by atoms with Crippen LogP contribution in [0.3, 0.4) is 0 Å². The number of alkyl halides is 3. The van der Waals surface area contributed by atoms with E-state index in [2.05, 4.69) is 27.2 Å². The van der Waals surface area contributed by atoms with Crippen molar-refractivity contribution in [1.29, 1.82) is 0 Å².